The number of carbonyl (C=O) groups is 2. The lowest BCUT2D eigenvalue weighted by Crippen LogP contribution is -2.29. The molecule has 0 aliphatic heterocycles. The molecule has 0 saturated heterocycles. The molecule has 0 radical (unpaired) electrons. The lowest BCUT2D eigenvalue weighted by Gasteiger charge is -2.23. The highest BCUT2D eigenvalue weighted by Gasteiger charge is 2.43. The summed E-state index contributed by atoms with van der Waals surface area (Å²) in [6.07, 6.45) is 11.3. The van der Waals surface area contributed by atoms with Crippen LogP contribution in [0, 0.1) is 5.41 Å². The number of ketones is 1. The smallest absolute Gasteiger partial charge is 0.316 e. The molecule has 0 aromatic rings. The number of hydrogen-bond donors (Lipinski definition) is 0. The molecule has 0 spiro atoms. The monoisotopic (exact) mass is 248 g/mol. The molecule has 0 unspecified atom stereocenters. The van der Waals surface area contributed by atoms with E-state index in [0.29, 0.717) is 6.42 Å². The van der Waals surface area contributed by atoms with Crippen molar-refractivity contribution in [1.29, 1.82) is 0 Å². The Labute approximate surface area is 108 Å². The Morgan fingerprint density at radius 1 is 1.50 bits per heavy atom. The van der Waals surface area contributed by atoms with E-state index >= 15 is 0 Å². The number of allylic oxidation sites excluding steroid dienone is 5. The maximum absolute atomic E-state index is 11.8. The third-order valence-corrected chi connectivity index (χ3v) is 3.23. The van der Waals surface area contributed by atoms with Gasteiger partial charge in [0.2, 0.25) is 0 Å². The molecule has 3 nitrogen and oxygen atoms in total. The number of hydrogen-bond acceptors (Lipinski definition) is 3. The van der Waals surface area contributed by atoms with E-state index in [1.54, 1.807) is 13.0 Å². The largest absolute Gasteiger partial charge is 0.468 e. The van der Waals surface area contributed by atoms with Crippen molar-refractivity contribution in [1.82, 2.24) is 0 Å². The Hall–Kier alpha value is -1.64. The maximum Gasteiger partial charge on any atom is 0.316 e. The molecule has 0 N–H and O–H groups in total. The summed E-state index contributed by atoms with van der Waals surface area (Å²) in [4.78, 5) is 23.3. The van der Waals surface area contributed by atoms with Gasteiger partial charge in [0.15, 0.2) is 5.78 Å². The molecule has 0 saturated carbocycles. The first-order valence-electron chi connectivity index (χ1n) is 6.14. The second kappa shape index (κ2) is 6.34. The lowest BCUT2D eigenvalue weighted by atomic mass is 9.81. The molecule has 1 atom stereocenters. The zero-order chi connectivity index (χ0) is 13.6. The summed E-state index contributed by atoms with van der Waals surface area (Å²) < 4.78 is 4.80. The molecule has 0 bridgehead atoms. The minimum Gasteiger partial charge on any atom is -0.468 e. The Balaban J connectivity index is 2.70. The SMILES string of the molecule is C/C=C/C=C\CCC1=CC(=O)C[C@]1(C)C(=O)OC. The van der Waals surface area contributed by atoms with Crippen LogP contribution in [0.4, 0.5) is 0 Å². The minimum absolute atomic E-state index is 0.00957. The van der Waals surface area contributed by atoms with Gasteiger partial charge in [-0.25, -0.2) is 0 Å². The Morgan fingerprint density at radius 2 is 2.22 bits per heavy atom. The molecule has 0 amide bonds. The fourth-order valence-electron chi connectivity index (χ4n) is 2.17. The first-order valence-corrected chi connectivity index (χ1v) is 6.14. The lowest BCUT2D eigenvalue weighted by molar-refractivity contribution is -0.150. The van der Waals surface area contributed by atoms with Crippen LogP contribution in [0.15, 0.2) is 36.0 Å². The van der Waals surface area contributed by atoms with E-state index in [-0.39, 0.29) is 18.2 Å². The summed E-state index contributed by atoms with van der Waals surface area (Å²) in [6, 6.07) is 0. The third kappa shape index (κ3) is 3.19. The Morgan fingerprint density at radius 3 is 2.83 bits per heavy atom. The first kappa shape index (κ1) is 14.4. The predicted molar refractivity (Wildman–Crippen MR) is 71.0 cm³/mol. The Bertz CT molecular complexity index is 415. The molecule has 1 aliphatic rings. The van der Waals surface area contributed by atoms with Crippen LogP contribution >= 0.6 is 0 Å². The van der Waals surface area contributed by atoms with Gasteiger partial charge in [-0.15, -0.1) is 0 Å². The average Bonchev–Trinajstić information content (AvgIpc) is 2.64. The van der Waals surface area contributed by atoms with Gasteiger partial charge in [-0.1, -0.05) is 24.3 Å². The molecule has 3 heteroatoms. The van der Waals surface area contributed by atoms with E-state index in [4.69, 9.17) is 4.74 Å². The van der Waals surface area contributed by atoms with E-state index in [2.05, 4.69) is 0 Å². The molecule has 18 heavy (non-hydrogen) atoms. The van der Waals surface area contributed by atoms with Gasteiger partial charge in [0.05, 0.1) is 12.5 Å². The number of carbonyl (C=O) groups excluding carboxylic acids is 2. The molecule has 0 heterocycles. The van der Waals surface area contributed by atoms with Gasteiger partial charge in [-0.3, -0.25) is 9.59 Å². The quantitative estimate of drug-likeness (QED) is 0.555. The van der Waals surface area contributed by atoms with Crippen molar-refractivity contribution in [3.05, 3.63) is 36.0 Å². The van der Waals surface area contributed by atoms with Gasteiger partial charge in [-0.05, 0) is 38.3 Å². The van der Waals surface area contributed by atoms with E-state index < -0.39 is 5.41 Å². The molecule has 0 fully saturated rings. The molecular weight excluding hydrogens is 228 g/mol. The number of methoxy groups -OCH3 is 1. The van der Waals surface area contributed by atoms with Crippen molar-refractivity contribution in [2.24, 2.45) is 5.41 Å². The van der Waals surface area contributed by atoms with Crippen molar-refractivity contribution < 1.29 is 14.3 Å². The molecular formula is C15H20O3. The predicted octanol–water partition coefficient (Wildman–Crippen LogP) is 2.98. The van der Waals surface area contributed by atoms with Crippen molar-refractivity contribution in [3.8, 4) is 0 Å². The summed E-state index contributed by atoms with van der Waals surface area (Å²) in [5.74, 6) is -0.313. The summed E-state index contributed by atoms with van der Waals surface area (Å²) in [5, 5.41) is 0. The van der Waals surface area contributed by atoms with Gasteiger partial charge in [-0.2, -0.15) is 0 Å². The van der Waals surface area contributed by atoms with E-state index in [0.717, 1.165) is 12.0 Å². The van der Waals surface area contributed by atoms with Crippen LogP contribution in [-0.4, -0.2) is 18.9 Å². The fraction of sp³-hybridized carbons (Fsp3) is 0.467. The summed E-state index contributed by atoms with van der Waals surface area (Å²) >= 11 is 0. The van der Waals surface area contributed by atoms with Crippen molar-refractivity contribution in [2.45, 2.75) is 33.1 Å². The molecule has 1 aliphatic carbocycles. The summed E-state index contributed by atoms with van der Waals surface area (Å²) in [7, 11) is 1.36. The van der Waals surface area contributed by atoms with Gasteiger partial charge < -0.3 is 4.74 Å². The average molecular weight is 248 g/mol. The van der Waals surface area contributed by atoms with Crippen molar-refractivity contribution >= 4 is 11.8 Å². The standard InChI is InChI=1S/C15H20O3/c1-4-5-6-7-8-9-12-10-13(16)11-15(12,2)14(17)18-3/h4-7,10H,8-9,11H2,1-3H3/b5-4+,7-6-/t15-/m0/s1. The van der Waals surface area contributed by atoms with Crippen LogP contribution in [0.1, 0.15) is 33.1 Å². The molecule has 0 aromatic carbocycles. The number of ether oxygens (including phenoxy) is 1. The van der Waals surface area contributed by atoms with Crippen LogP contribution in [0.5, 0.6) is 0 Å². The third-order valence-electron chi connectivity index (χ3n) is 3.23. The molecule has 1 rings (SSSR count). The van der Waals surface area contributed by atoms with Crippen LogP contribution in [0.2, 0.25) is 0 Å². The van der Waals surface area contributed by atoms with Gasteiger partial charge >= 0.3 is 5.97 Å². The van der Waals surface area contributed by atoms with Crippen LogP contribution in [0.25, 0.3) is 0 Å². The van der Waals surface area contributed by atoms with Gasteiger partial charge in [0.25, 0.3) is 0 Å². The van der Waals surface area contributed by atoms with Crippen LogP contribution in [-0.2, 0) is 14.3 Å². The van der Waals surface area contributed by atoms with E-state index in [1.165, 1.54) is 7.11 Å². The summed E-state index contributed by atoms with van der Waals surface area (Å²) in [5.41, 5.74) is 0.116. The van der Waals surface area contributed by atoms with Crippen molar-refractivity contribution in [3.63, 3.8) is 0 Å². The van der Waals surface area contributed by atoms with E-state index in [1.807, 2.05) is 31.2 Å². The van der Waals surface area contributed by atoms with Gasteiger partial charge in [0.1, 0.15) is 0 Å². The Kier molecular flexibility index (Phi) is 5.08. The zero-order valence-electron chi connectivity index (χ0n) is 11.2. The van der Waals surface area contributed by atoms with Crippen LogP contribution in [0.3, 0.4) is 0 Å². The minimum atomic E-state index is -0.764. The topological polar surface area (TPSA) is 43.4 Å². The number of rotatable bonds is 5. The fourth-order valence-corrected chi connectivity index (χ4v) is 2.17. The van der Waals surface area contributed by atoms with Crippen molar-refractivity contribution in [2.75, 3.05) is 7.11 Å². The normalized spacial score (nSPS) is 23.9. The highest BCUT2D eigenvalue weighted by Crippen LogP contribution is 2.40. The number of esters is 1. The second-order valence-electron chi connectivity index (χ2n) is 4.63. The maximum atomic E-state index is 11.8. The second-order valence-corrected chi connectivity index (χ2v) is 4.63. The first-order chi connectivity index (χ1) is 8.54. The van der Waals surface area contributed by atoms with E-state index in [9.17, 15) is 9.59 Å². The highest BCUT2D eigenvalue weighted by molar-refractivity contribution is 6.00. The zero-order valence-corrected chi connectivity index (χ0v) is 11.2. The molecule has 98 valence electrons. The molecule has 0 aromatic heterocycles. The highest BCUT2D eigenvalue weighted by atomic mass is 16.5. The van der Waals surface area contributed by atoms with Crippen LogP contribution < -0.4 is 0 Å². The summed E-state index contributed by atoms with van der Waals surface area (Å²) in [6.45, 7) is 3.74. The van der Waals surface area contributed by atoms with Gasteiger partial charge in [0, 0.05) is 6.42 Å².